The predicted molar refractivity (Wildman–Crippen MR) is 81.6 cm³/mol. The minimum Gasteiger partial charge on any atom is -0.324 e. The van der Waals surface area contributed by atoms with Crippen molar-refractivity contribution in [1.82, 2.24) is 9.97 Å². The van der Waals surface area contributed by atoms with Gasteiger partial charge in [0.1, 0.15) is 5.82 Å². The van der Waals surface area contributed by atoms with Crippen molar-refractivity contribution in [3.8, 4) is 0 Å². The number of halogens is 2. The van der Waals surface area contributed by atoms with E-state index in [1.54, 1.807) is 18.5 Å². The van der Waals surface area contributed by atoms with Crippen LogP contribution in [0.1, 0.15) is 17.2 Å². The Morgan fingerprint density at radius 3 is 2.81 bits per heavy atom. The molecule has 0 bridgehead atoms. The molecule has 21 heavy (non-hydrogen) atoms. The molecule has 0 radical (unpaired) electrons. The van der Waals surface area contributed by atoms with Crippen LogP contribution in [-0.2, 0) is 6.42 Å². The fourth-order valence-corrected chi connectivity index (χ4v) is 2.56. The normalized spacial score (nSPS) is 12.5. The third kappa shape index (κ3) is 2.86. The summed E-state index contributed by atoms with van der Waals surface area (Å²) in [5.74, 6) is -0.320. The highest BCUT2D eigenvalue weighted by molar-refractivity contribution is 6.31. The number of fused-ring (bicyclic) bond motifs is 1. The summed E-state index contributed by atoms with van der Waals surface area (Å²) in [6.07, 6.45) is 3.71. The zero-order valence-corrected chi connectivity index (χ0v) is 11.9. The van der Waals surface area contributed by atoms with E-state index in [9.17, 15) is 4.39 Å². The van der Waals surface area contributed by atoms with Gasteiger partial charge in [0, 0.05) is 23.5 Å². The number of hydrogen-bond donors (Lipinski definition) is 1. The molecular formula is C16H13ClFN3. The molecule has 3 nitrogen and oxygen atoms in total. The summed E-state index contributed by atoms with van der Waals surface area (Å²) in [5.41, 5.74) is 9.38. The summed E-state index contributed by atoms with van der Waals surface area (Å²) in [7, 11) is 0. The Bertz CT molecular complexity index is 786. The first kappa shape index (κ1) is 13.9. The van der Waals surface area contributed by atoms with Gasteiger partial charge in [-0.15, -0.1) is 0 Å². The first-order valence-electron chi connectivity index (χ1n) is 6.54. The fraction of sp³-hybridized carbons (Fsp3) is 0.125. The Balaban J connectivity index is 1.97. The van der Waals surface area contributed by atoms with Gasteiger partial charge in [0.2, 0.25) is 0 Å². The second-order valence-electron chi connectivity index (χ2n) is 4.82. The van der Waals surface area contributed by atoms with Gasteiger partial charge in [-0.1, -0.05) is 23.7 Å². The highest BCUT2D eigenvalue weighted by Crippen LogP contribution is 2.26. The van der Waals surface area contributed by atoms with Gasteiger partial charge >= 0.3 is 0 Å². The number of nitrogens with two attached hydrogens (primary N) is 1. The Hall–Kier alpha value is -2.04. The van der Waals surface area contributed by atoms with Gasteiger partial charge in [0.25, 0.3) is 0 Å². The molecule has 0 saturated heterocycles. The van der Waals surface area contributed by atoms with Gasteiger partial charge in [-0.3, -0.25) is 9.97 Å². The van der Waals surface area contributed by atoms with Crippen LogP contribution in [0.15, 0.2) is 48.8 Å². The molecule has 0 aliphatic carbocycles. The summed E-state index contributed by atoms with van der Waals surface area (Å²) in [5, 5.41) is 0.512. The second-order valence-corrected chi connectivity index (χ2v) is 5.22. The van der Waals surface area contributed by atoms with Crippen LogP contribution >= 0.6 is 11.6 Å². The van der Waals surface area contributed by atoms with E-state index in [2.05, 4.69) is 9.97 Å². The Morgan fingerprint density at radius 2 is 1.95 bits per heavy atom. The maximum absolute atomic E-state index is 13.3. The summed E-state index contributed by atoms with van der Waals surface area (Å²) >= 11 is 6.10. The van der Waals surface area contributed by atoms with Crippen LogP contribution in [0.2, 0.25) is 5.02 Å². The third-order valence-electron chi connectivity index (χ3n) is 3.38. The van der Waals surface area contributed by atoms with Crippen molar-refractivity contribution in [3.63, 3.8) is 0 Å². The van der Waals surface area contributed by atoms with E-state index in [4.69, 9.17) is 17.3 Å². The minimum atomic E-state index is -0.329. The number of benzene rings is 2. The van der Waals surface area contributed by atoms with E-state index < -0.39 is 0 Å². The first-order valence-corrected chi connectivity index (χ1v) is 6.92. The molecule has 2 N–H and O–H groups in total. The average molecular weight is 302 g/mol. The SMILES string of the molecule is NC(Cc1cc(F)ccc1Cl)c1cccc2nccnc12. The third-order valence-corrected chi connectivity index (χ3v) is 3.75. The lowest BCUT2D eigenvalue weighted by Gasteiger charge is -2.14. The van der Waals surface area contributed by atoms with Crippen molar-refractivity contribution < 1.29 is 4.39 Å². The molecule has 106 valence electrons. The monoisotopic (exact) mass is 301 g/mol. The lowest BCUT2D eigenvalue weighted by atomic mass is 9.98. The van der Waals surface area contributed by atoms with Gasteiger partial charge in [0.15, 0.2) is 0 Å². The average Bonchev–Trinajstić information content (AvgIpc) is 2.50. The van der Waals surface area contributed by atoms with E-state index in [1.807, 2.05) is 18.2 Å². The molecule has 5 heteroatoms. The minimum absolute atomic E-state index is 0.320. The second kappa shape index (κ2) is 5.76. The van der Waals surface area contributed by atoms with Gasteiger partial charge in [-0.05, 0) is 41.8 Å². The lowest BCUT2D eigenvalue weighted by molar-refractivity contribution is 0.622. The molecule has 0 amide bonds. The molecule has 2 aromatic carbocycles. The smallest absolute Gasteiger partial charge is 0.123 e. The molecule has 0 saturated carbocycles. The van der Waals surface area contributed by atoms with Crippen molar-refractivity contribution in [2.24, 2.45) is 5.73 Å². The van der Waals surface area contributed by atoms with Crippen LogP contribution in [0, 0.1) is 5.82 Å². The Kier molecular flexibility index (Phi) is 3.82. The van der Waals surface area contributed by atoms with E-state index in [-0.39, 0.29) is 11.9 Å². The molecule has 0 spiro atoms. The molecule has 1 atom stereocenters. The Labute approximate surface area is 126 Å². The largest absolute Gasteiger partial charge is 0.324 e. The number of nitrogens with zero attached hydrogens (tertiary/aromatic N) is 2. The van der Waals surface area contributed by atoms with Crippen molar-refractivity contribution in [1.29, 1.82) is 0 Å². The molecule has 0 aliphatic heterocycles. The van der Waals surface area contributed by atoms with E-state index in [0.29, 0.717) is 17.0 Å². The molecule has 1 aromatic heterocycles. The molecule has 3 rings (SSSR count). The van der Waals surface area contributed by atoms with Crippen molar-refractivity contribution in [2.75, 3.05) is 0 Å². The van der Waals surface area contributed by atoms with Crippen molar-refractivity contribution in [2.45, 2.75) is 12.5 Å². The summed E-state index contributed by atoms with van der Waals surface area (Å²) in [6.45, 7) is 0. The van der Waals surface area contributed by atoms with Gasteiger partial charge < -0.3 is 5.73 Å². The number of rotatable bonds is 3. The van der Waals surface area contributed by atoms with Crippen molar-refractivity contribution in [3.05, 3.63) is 70.8 Å². The predicted octanol–water partition coefficient (Wildman–Crippen LogP) is 3.66. The van der Waals surface area contributed by atoms with Gasteiger partial charge in [-0.25, -0.2) is 4.39 Å². The molecule has 3 aromatic rings. The highest BCUT2D eigenvalue weighted by Gasteiger charge is 2.14. The van der Waals surface area contributed by atoms with Gasteiger partial charge in [-0.2, -0.15) is 0 Å². The van der Waals surface area contributed by atoms with Crippen LogP contribution in [-0.4, -0.2) is 9.97 Å². The number of hydrogen-bond acceptors (Lipinski definition) is 3. The molecule has 1 unspecified atom stereocenters. The van der Waals surface area contributed by atoms with Crippen LogP contribution < -0.4 is 5.73 Å². The van der Waals surface area contributed by atoms with Crippen LogP contribution in [0.3, 0.4) is 0 Å². The van der Waals surface area contributed by atoms with Crippen molar-refractivity contribution >= 4 is 22.6 Å². The molecule has 0 aliphatic rings. The Morgan fingerprint density at radius 1 is 1.14 bits per heavy atom. The fourth-order valence-electron chi connectivity index (χ4n) is 2.36. The number of aromatic nitrogens is 2. The zero-order valence-electron chi connectivity index (χ0n) is 11.1. The van der Waals surface area contributed by atoms with Crippen LogP contribution in [0.25, 0.3) is 11.0 Å². The quantitative estimate of drug-likeness (QED) is 0.803. The first-order chi connectivity index (χ1) is 10.1. The topological polar surface area (TPSA) is 51.8 Å². The molecular weight excluding hydrogens is 289 g/mol. The zero-order chi connectivity index (χ0) is 14.8. The van der Waals surface area contributed by atoms with Crippen LogP contribution in [0.5, 0.6) is 0 Å². The van der Waals surface area contributed by atoms with E-state index >= 15 is 0 Å². The lowest BCUT2D eigenvalue weighted by Crippen LogP contribution is -2.14. The maximum atomic E-state index is 13.3. The van der Waals surface area contributed by atoms with E-state index in [0.717, 1.165) is 16.6 Å². The summed E-state index contributed by atoms with van der Waals surface area (Å²) in [4.78, 5) is 8.59. The maximum Gasteiger partial charge on any atom is 0.123 e. The standard InChI is InChI=1S/C16H13ClFN3/c17-13-5-4-11(18)8-10(13)9-14(19)12-2-1-3-15-16(12)21-7-6-20-15/h1-8,14H,9,19H2. The molecule has 1 heterocycles. The molecule has 0 fully saturated rings. The van der Waals surface area contributed by atoms with E-state index in [1.165, 1.54) is 12.1 Å². The summed E-state index contributed by atoms with van der Waals surface area (Å²) < 4.78 is 13.3. The highest BCUT2D eigenvalue weighted by atomic mass is 35.5. The van der Waals surface area contributed by atoms with Gasteiger partial charge in [0.05, 0.1) is 11.0 Å². The number of para-hydroxylation sites is 1. The van der Waals surface area contributed by atoms with Crippen LogP contribution in [0.4, 0.5) is 4.39 Å². The summed E-state index contributed by atoms with van der Waals surface area (Å²) in [6, 6.07) is 9.65.